The smallest absolute Gasteiger partial charge is 0.310 e. The van der Waals surface area contributed by atoms with Crippen molar-refractivity contribution in [1.82, 2.24) is 0 Å². The number of unbranched alkanes of at least 4 members (excludes halogenated alkanes) is 5. The van der Waals surface area contributed by atoms with Crippen LogP contribution in [0.2, 0.25) is 0 Å². The first-order chi connectivity index (χ1) is 10.1. The Balaban J connectivity index is 2.67. The van der Waals surface area contributed by atoms with E-state index >= 15 is 0 Å². The second kappa shape index (κ2) is 9.34. The van der Waals surface area contributed by atoms with E-state index in [0.717, 1.165) is 30.4 Å². The minimum atomic E-state index is -0.593. The maximum atomic E-state index is 10.8. The fourth-order valence-corrected chi connectivity index (χ4v) is 2.49. The molecular formula is C16H25NO4. The van der Waals surface area contributed by atoms with Gasteiger partial charge < -0.3 is 10.2 Å². The van der Waals surface area contributed by atoms with Crippen LogP contribution in [0.25, 0.3) is 0 Å². The van der Waals surface area contributed by atoms with Crippen molar-refractivity contribution in [2.45, 2.75) is 58.3 Å². The van der Waals surface area contributed by atoms with Crippen LogP contribution in [-0.4, -0.2) is 21.7 Å². The van der Waals surface area contributed by atoms with Gasteiger partial charge in [-0.05, 0) is 36.5 Å². The van der Waals surface area contributed by atoms with Crippen LogP contribution in [0.15, 0.2) is 12.1 Å². The van der Waals surface area contributed by atoms with Crippen LogP contribution in [0.3, 0.4) is 0 Å². The van der Waals surface area contributed by atoms with Crippen molar-refractivity contribution in [3.8, 4) is 5.75 Å². The Bertz CT molecular complexity index is 460. The maximum Gasteiger partial charge on any atom is 0.310 e. The highest BCUT2D eigenvalue weighted by Gasteiger charge is 2.17. The van der Waals surface area contributed by atoms with Crippen LogP contribution in [0, 0.1) is 10.1 Å². The fraction of sp³-hybridized carbons (Fsp3) is 0.625. The fourth-order valence-electron chi connectivity index (χ4n) is 2.49. The SMILES string of the molecule is CCCCCCCCc1cc(O)c([N+](=O)[O-])cc1CCO. The molecule has 0 spiro atoms. The zero-order valence-electron chi connectivity index (χ0n) is 12.7. The van der Waals surface area contributed by atoms with E-state index in [-0.39, 0.29) is 18.0 Å². The quantitative estimate of drug-likeness (QED) is 0.391. The Labute approximate surface area is 125 Å². The monoisotopic (exact) mass is 295 g/mol. The predicted octanol–water partition coefficient (Wildman–Crippen LogP) is 3.74. The van der Waals surface area contributed by atoms with Crippen molar-refractivity contribution in [3.63, 3.8) is 0 Å². The summed E-state index contributed by atoms with van der Waals surface area (Å²) in [7, 11) is 0. The lowest BCUT2D eigenvalue weighted by Crippen LogP contribution is -2.01. The molecule has 0 aliphatic carbocycles. The average Bonchev–Trinajstić information content (AvgIpc) is 2.44. The van der Waals surface area contributed by atoms with E-state index in [1.807, 2.05) is 0 Å². The standard InChI is InChI=1S/C16H25NO4/c1-2-3-4-5-6-7-8-13-12-16(19)15(17(20)21)11-14(13)9-10-18/h11-12,18-19H,2-10H2,1H3. The second-order valence-corrected chi connectivity index (χ2v) is 5.36. The van der Waals surface area contributed by atoms with Crippen LogP contribution in [0.4, 0.5) is 5.69 Å². The Kier molecular flexibility index (Phi) is 7.75. The van der Waals surface area contributed by atoms with Gasteiger partial charge in [0.1, 0.15) is 0 Å². The molecule has 1 aromatic rings. The summed E-state index contributed by atoms with van der Waals surface area (Å²) in [5.41, 5.74) is 1.38. The van der Waals surface area contributed by atoms with Gasteiger partial charge in [-0.3, -0.25) is 10.1 Å². The molecule has 0 bridgehead atoms. The van der Waals surface area contributed by atoms with Crippen molar-refractivity contribution in [1.29, 1.82) is 0 Å². The highest BCUT2D eigenvalue weighted by Crippen LogP contribution is 2.30. The van der Waals surface area contributed by atoms with Crippen molar-refractivity contribution < 1.29 is 15.1 Å². The lowest BCUT2D eigenvalue weighted by Gasteiger charge is -2.10. The van der Waals surface area contributed by atoms with Crippen LogP contribution >= 0.6 is 0 Å². The molecule has 0 aromatic heterocycles. The average molecular weight is 295 g/mol. The summed E-state index contributed by atoms with van der Waals surface area (Å²) < 4.78 is 0. The van der Waals surface area contributed by atoms with Gasteiger partial charge in [0, 0.05) is 12.7 Å². The van der Waals surface area contributed by atoms with E-state index in [1.165, 1.54) is 37.8 Å². The number of rotatable bonds is 10. The number of nitro groups is 1. The number of benzene rings is 1. The molecule has 0 saturated heterocycles. The van der Waals surface area contributed by atoms with Crippen LogP contribution in [0.5, 0.6) is 5.75 Å². The molecule has 0 atom stereocenters. The molecule has 1 aromatic carbocycles. The van der Waals surface area contributed by atoms with E-state index in [0.29, 0.717) is 6.42 Å². The zero-order chi connectivity index (χ0) is 15.7. The largest absolute Gasteiger partial charge is 0.502 e. The van der Waals surface area contributed by atoms with Crippen molar-refractivity contribution in [2.24, 2.45) is 0 Å². The summed E-state index contributed by atoms with van der Waals surface area (Å²) in [5, 5.41) is 29.6. The number of aryl methyl sites for hydroxylation is 1. The van der Waals surface area contributed by atoms with Gasteiger partial charge in [0.2, 0.25) is 0 Å². The lowest BCUT2D eigenvalue weighted by atomic mass is 9.97. The third-order valence-corrected chi connectivity index (χ3v) is 3.67. The number of hydrogen-bond donors (Lipinski definition) is 2. The van der Waals surface area contributed by atoms with E-state index in [4.69, 9.17) is 5.11 Å². The number of nitro benzene ring substituents is 1. The molecule has 0 amide bonds. The summed E-state index contributed by atoms with van der Waals surface area (Å²) >= 11 is 0. The number of nitrogens with zero attached hydrogens (tertiary/aromatic N) is 1. The molecule has 21 heavy (non-hydrogen) atoms. The highest BCUT2D eigenvalue weighted by molar-refractivity contribution is 5.51. The van der Waals surface area contributed by atoms with E-state index < -0.39 is 4.92 Å². The maximum absolute atomic E-state index is 10.8. The summed E-state index contributed by atoms with van der Waals surface area (Å²) in [4.78, 5) is 10.2. The molecule has 5 heteroatoms. The molecule has 0 heterocycles. The molecule has 0 radical (unpaired) electrons. The van der Waals surface area contributed by atoms with Crippen LogP contribution < -0.4 is 0 Å². The van der Waals surface area contributed by atoms with Gasteiger partial charge in [0.05, 0.1) is 4.92 Å². The molecule has 0 aliphatic heterocycles. The topological polar surface area (TPSA) is 83.6 Å². The van der Waals surface area contributed by atoms with Gasteiger partial charge in [-0.2, -0.15) is 0 Å². The molecule has 118 valence electrons. The first kappa shape index (κ1) is 17.4. The molecule has 1 rings (SSSR count). The van der Waals surface area contributed by atoms with Gasteiger partial charge in [0.25, 0.3) is 0 Å². The van der Waals surface area contributed by atoms with Gasteiger partial charge >= 0.3 is 5.69 Å². The normalized spacial score (nSPS) is 10.8. The Hall–Kier alpha value is -1.62. The Morgan fingerprint density at radius 3 is 2.29 bits per heavy atom. The number of aromatic hydroxyl groups is 1. The lowest BCUT2D eigenvalue weighted by molar-refractivity contribution is -0.385. The number of phenolic OH excluding ortho intramolecular Hbond substituents is 1. The van der Waals surface area contributed by atoms with Crippen LogP contribution in [0.1, 0.15) is 56.6 Å². The van der Waals surface area contributed by atoms with Gasteiger partial charge in [-0.15, -0.1) is 0 Å². The number of phenols is 1. The van der Waals surface area contributed by atoms with E-state index in [9.17, 15) is 15.2 Å². The summed E-state index contributed by atoms with van der Waals surface area (Å²) in [6.07, 6.45) is 8.20. The molecule has 0 unspecified atom stereocenters. The van der Waals surface area contributed by atoms with Gasteiger partial charge in [-0.25, -0.2) is 0 Å². The number of aliphatic hydroxyl groups is 1. The minimum Gasteiger partial charge on any atom is -0.502 e. The first-order valence-corrected chi connectivity index (χ1v) is 7.70. The third kappa shape index (κ3) is 5.71. The molecule has 0 fully saturated rings. The molecule has 0 aliphatic rings. The molecule has 0 saturated carbocycles. The summed E-state index contributed by atoms with van der Waals surface area (Å²) in [6, 6.07) is 2.87. The number of aliphatic hydroxyl groups excluding tert-OH is 1. The zero-order valence-corrected chi connectivity index (χ0v) is 12.7. The van der Waals surface area contributed by atoms with E-state index in [1.54, 1.807) is 0 Å². The first-order valence-electron chi connectivity index (χ1n) is 7.70. The molecular weight excluding hydrogens is 270 g/mol. The van der Waals surface area contributed by atoms with Crippen molar-refractivity contribution >= 4 is 5.69 Å². The van der Waals surface area contributed by atoms with Crippen molar-refractivity contribution in [2.75, 3.05) is 6.61 Å². The number of hydrogen-bond acceptors (Lipinski definition) is 4. The predicted molar refractivity (Wildman–Crippen MR) is 82.6 cm³/mol. The Morgan fingerprint density at radius 1 is 1.05 bits per heavy atom. The molecule has 5 nitrogen and oxygen atoms in total. The third-order valence-electron chi connectivity index (χ3n) is 3.67. The molecule has 2 N–H and O–H groups in total. The van der Waals surface area contributed by atoms with E-state index in [2.05, 4.69) is 6.92 Å². The summed E-state index contributed by atoms with van der Waals surface area (Å²) in [5.74, 6) is -0.289. The Morgan fingerprint density at radius 2 is 1.67 bits per heavy atom. The van der Waals surface area contributed by atoms with Crippen molar-refractivity contribution in [3.05, 3.63) is 33.4 Å². The van der Waals surface area contributed by atoms with Gasteiger partial charge in [0.15, 0.2) is 5.75 Å². The highest BCUT2D eigenvalue weighted by atomic mass is 16.6. The second-order valence-electron chi connectivity index (χ2n) is 5.36. The van der Waals surface area contributed by atoms with Crippen LogP contribution in [-0.2, 0) is 12.8 Å². The summed E-state index contributed by atoms with van der Waals surface area (Å²) in [6.45, 7) is 2.13. The van der Waals surface area contributed by atoms with Gasteiger partial charge in [-0.1, -0.05) is 39.0 Å². The minimum absolute atomic E-state index is 0.0502.